The van der Waals surface area contributed by atoms with E-state index in [0.29, 0.717) is 0 Å². The fourth-order valence-electron chi connectivity index (χ4n) is 3.27. The molecule has 0 radical (unpaired) electrons. The maximum absolute atomic E-state index is 5.18. The van der Waals surface area contributed by atoms with Gasteiger partial charge in [0.2, 0.25) is 0 Å². The number of hydrogen-bond donors (Lipinski definition) is 0. The summed E-state index contributed by atoms with van der Waals surface area (Å²) >= 11 is 0. The first kappa shape index (κ1) is 14.7. The lowest BCUT2D eigenvalue weighted by molar-refractivity contribution is 0.568. The Kier molecular flexibility index (Phi) is 3.25. The molecule has 5 nitrogen and oxygen atoms in total. The Hall–Kier alpha value is -3.60. The lowest BCUT2D eigenvalue weighted by atomic mass is 10.1. The van der Waals surface area contributed by atoms with E-state index in [1.165, 1.54) is 0 Å². The van der Waals surface area contributed by atoms with Gasteiger partial charge in [0.25, 0.3) is 0 Å². The largest absolute Gasteiger partial charge is 0.472 e. The first-order chi connectivity index (χ1) is 12.8. The molecule has 0 fully saturated rings. The molecular weight excluding hydrogens is 324 g/mol. The van der Waals surface area contributed by atoms with Gasteiger partial charge >= 0.3 is 0 Å². The van der Waals surface area contributed by atoms with Crippen molar-refractivity contribution >= 4 is 11.0 Å². The average molecular weight is 340 g/mol. The van der Waals surface area contributed by atoms with Gasteiger partial charge in [0.1, 0.15) is 12.2 Å². The molecule has 126 valence electrons. The fourth-order valence-corrected chi connectivity index (χ4v) is 3.27. The predicted molar refractivity (Wildman–Crippen MR) is 101 cm³/mol. The van der Waals surface area contributed by atoms with Crippen molar-refractivity contribution in [1.82, 2.24) is 19.1 Å². The van der Waals surface area contributed by atoms with Gasteiger partial charge in [0, 0.05) is 29.3 Å². The highest BCUT2D eigenvalue weighted by Gasteiger charge is 2.09. The zero-order valence-corrected chi connectivity index (χ0v) is 14.2. The molecule has 0 aliphatic rings. The molecule has 26 heavy (non-hydrogen) atoms. The zero-order valence-electron chi connectivity index (χ0n) is 14.2. The maximum atomic E-state index is 5.18. The second-order valence-electron chi connectivity index (χ2n) is 6.19. The minimum absolute atomic E-state index is 0.952. The van der Waals surface area contributed by atoms with Crippen molar-refractivity contribution in [2.45, 2.75) is 6.92 Å². The highest BCUT2D eigenvalue weighted by atomic mass is 16.3. The van der Waals surface area contributed by atoms with Crippen LogP contribution in [0, 0.1) is 6.92 Å². The smallest absolute Gasteiger partial charge is 0.110 e. The average Bonchev–Trinajstić information content (AvgIpc) is 3.41. The van der Waals surface area contributed by atoms with E-state index in [2.05, 4.69) is 61.6 Å². The van der Waals surface area contributed by atoms with E-state index in [1.54, 1.807) is 12.5 Å². The molecule has 0 unspecified atom stereocenters. The summed E-state index contributed by atoms with van der Waals surface area (Å²) in [4.78, 5) is 8.89. The van der Waals surface area contributed by atoms with Crippen LogP contribution in [0.4, 0.5) is 0 Å². The maximum Gasteiger partial charge on any atom is 0.110 e. The quantitative estimate of drug-likeness (QED) is 0.475. The van der Waals surface area contributed by atoms with Crippen LogP contribution in [0.2, 0.25) is 0 Å². The van der Waals surface area contributed by atoms with Crippen molar-refractivity contribution in [3.8, 4) is 22.5 Å². The second kappa shape index (κ2) is 5.74. The van der Waals surface area contributed by atoms with Gasteiger partial charge in [-0.15, -0.1) is 0 Å². The van der Waals surface area contributed by atoms with Crippen molar-refractivity contribution in [3.05, 3.63) is 85.6 Å². The van der Waals surface area contributed by atoms with E-state index in [9.17, 15) is 0 Å². The minimum atomic E-state index is 0.952. The predicted octanol–water partition coefficient (Wildman–Crippen LogP) is 4.78. The Balaban J connectivity index is 1.60. The third kappa shape index (κ3) is 2.33. The van der Waals surface area contributed by atoms with Gasteiger partial charge in [-0.3, -0.25) is 4.57 Å². The molecular formula is C21H16N4O. The van der Waals surface area contributed by atoms with Crippen LogP contribution in [0.1, 0.15) is 5.82 Å². The van der Waals surface area contributed by atoms with Gasteiger partial charge in [-0.2, -0.15) is 0 Å². The molecule has 0 aliphatic carbocycles. The van der Waals surface area contributed by atoms with Crippen LogP contribution < -0.4 is 0 Å². The van der Waals surface area contributed by atoms with Crippen molar-refractivity contribution in [2.75, 3.05) is 0 Å². The van der Waals surface area contributed by atoms with E-state index < -0.39 is 0 Å². The molecule has 0 atom stereocenters. The molecule has 0 saturated carbocycles. The second-order valence-corrected chi connectivity index (χ2v) is 6.19. The monoisotopic (exact) mass is 340 g/mol. The summed E-state index contributed by atoms with van der Waals surface area (Å²) < 4.78 is 9.35. The molecule has 0 amide bonds. The molecule has 0 N–H and O–H groups in total. The third-order valence-electron chi connectivity index (χ3n) is 4.61. The number of aromatic nitrogens is 4. The zero-order chi connectivity index (χ0) is 17.5. The molecule has 5 heteroatoms. The molecule has 5 aromatic rings. The van der Waals surface area contributed by atoms with E-state index in [-0.39, 0.29) is 0 Å². The van der Waals surface area contributed by atoms with Crippen LogP contribution >= 0.6 is 0 Å². The molecule has 5 rings (SSSR count). The Morgan fingerprint density at radius 2 is 1.77 bits per heavy atom. The van der Waals surface area contributed by atoms with Crippen molar-refractivity contribution in [2.24, 2.45) is 0 Å². The molecule has 0 bridgehead atoms. The van der Waals surface area contributed by atoms with E-state index in [0.717, 1.165) is 39.4 Å². The van der Waals surface area contributed by atoms with Gasteiger partial charge in [-0.05, 0) is 48.9 Å². The first-order valence-electron chi connectivity index (χ1n) is 8.40. The molecule has 3 heterocycles. The molecule has 3 aromatic heterocycles. The summed E-state index contributed by atoms with van der Waals surface area (Å²) in [6, 6.07) is 16.6. The Morgan fingerprint density at radius 3 is 2.54 bits per heavy atom. The van der Waals surface area contributed by atoms with Crippen molar-refractivity contribution in [1.29, 1.82) is 0 Å². The van der Waals surface area contributed by atoms with Crippen molar-refractivity contribution < 1.29 is 4.42 Å². The van der Waals surface area contributed by atoms with Gasteiger partial charge < -0.3 is 8.98 Å². The van der Waals surface area contributed by atoms with E-state index in [1.807, 2.05) is 31.7 Å². The Morgan fingerprint density at radius 1 is 0.885 bits per heavy atom. The van der Waals surface area contributed by atoms with E-state index in [4.69, 9.17) is 4.42 Å². The van der Waals surface area contributed by atoms with Gasteiger partial charge in [-0.25, -0.2) is 9.97 Å². The number of benzene rings is 2. The fraction of sp³-hybridized carbons (Fsp3) is 0.0476. The van der Waals surface area contributed by atoms with Crippen LogP contribution in [-0.2, 0) is 0 Å². The van der Waals surface area contributed by atoms with Gasteiger partial charge in [-0.1, -0.05) is 12.1 Å². The van der Waals surface area contributed by atoms with Crippen LogP contribution in [0.15, 0.2) is 84.2 Å². The Bertz CT molecular complexity index is 1200. The highest BCUT2D eigenvalue weighted by molar-refractivity contribution is 5.83. The molecule has 0 saturated heterocycles. The number of aryl methyl sites for hydroxylation is 1. The third-order valence-corrected chi connectivity index (χ3v) is 4.61. The number of fused-ring (bicyclic) bond motifs is 1. The first-order valence-corrected chi connectivity index (χ1v) is 8.40. The lowest BCUT2D eigenvalue weighted by Crippen LogP contribution is -1.98. The summed E-state index contributed by atoms with van der Waals surface area (Å²) in [5.74, 6) is 0.961. The van der Waals surface area contributed by atoms with Crippen molar-refractivity contribution in [3.63, 3.8) is 0 Å². The summed E-state index contributed by atoms with van der Waals surface area (Å²) in [6.07, 6.45) is 9.07. The lowest BCUT2D eigenvalue weighted by Gasteiger charge is -2.09. The number of hydrogen-bond acceptors (Lipinski definition) is 3. The summed E-state index contributed by atoms with van der Waals surface area (Å²) in [5, 5.41) is 0. The van der Waals surface area contributed by atoms with E-state index >= 15 is 0 Å². The topological polar surface area (TPSA) is 48.8 Å². The number of rotatable bonds is 3. The van der Waals surface area contributed by atoms with Gasteiger partial charge in [0.15, 0.2) is 0 Å². The molecule has 2 aromatic carbocycles. The van der Waals surface area contributed by atoms with Crippen LogP contribution in [-0.4, -0.2) is 19.1 Å². The summed E-state index contributed by atoms with van der Waals surface area (Å²) in [5.41, 5.74) is 6.31. The number of nitrogens with zero attached hydrogens (tertiary/aromatic N) is 4. The van der Waals surface area contributed by atoms with Crippen LogP contribution in [0.3, 0.4) is 0 Å². The summed E-state index contributed by atoms with van der Waals surface area (Å²) in [6.45, 7) is 2.00. The number of imidazole rings is 2. The highest BCUT2D eigenvalue weighted by Crippen LogP contribution is 2.26. The minimum Gasteiger partial charge on any atom is -0.472 e. The molecule has 0 aliphatic heterocycles. The molecule has 0 spiro atoms. The SMILES string of the molecule is Cc1nccn1-c1cccc(-n2cnc3cc(-c4ccoc4)ccc32)c1. The Labute approximate surface area is 150 Å². The number of furan rings is 1. The summed E-state index contributed by atoms with van der Waals surface area (Å²) in [7, 11) is 0. The van der Waals surface area contributed by atoms with Gasteiger partial charge in [0.05, 0.1) is 23.6 Å². The van der Waals surface area contributed by atoms with Crippen LogP contribution in [0.5, 0.6) is 0 Å². The normalized spacial score (nSPS) is 11.3. The standard InChI is InChI=1S/C21H16N4O/c1-15-22-8-9-24(15)18-3-2-4-19(12-18)25-14-23-20-11-16(5-6-21(20)25)17-7-10-26-13-17/h2-14H,1H3. The van der Waals surface area contributed by atoms with Crippen LogP contribution in [0.25, 0.3) is 33.5 Å².